The molecule has 0 radical (unpaired) electrons. The molecule has 0 amide bonds. The van der Waals surface area contributed by atoms with E-state index in [0.29, 0.717) is 17.5 Å². The second-order valence-corrected chi connectivity index (χ2v) is 6.63. The summed E-state index contributed by atoms with van der Waals surface area (Å²) in [6.45, 7) is 1.38. The number of halogens is 2. The van der Waals surface area contributed by atoms with Crippen molar-refractivity contribution >= 4 is 27.5 Å². The molecule has 0 atom stereocenters. The van der Waals surface area contributed by atoms with Crippen molar-refractivity contribution < 1.29 is 0 Å². The molecule has 1 aromatic heterocycles. The lowest BCUT2D eigenvalue weighted by Crippen LogP contribution is -2.23. The molecule has 0 fully saturated rings. The molecule has 2 aromatic carbocycles. The van der Waals surface area contributed by atoms with Gasteiger partial charge >= 0.3 is 0 Å². The first-order valence-electron chi connectivity index (χ1n) is 7.07. The van der Waals surface area contributed by atoms with Gasteiger partial charge in [-0.1, -0.05) is 39.7 Å². The van der Waals surface area contributed by atoms with Crippen LogP contribution in [0, 0.1) is 0 Å². The highest BCUT2D eigenvalue weighted by Crippen LogP contribution is 2.17. The van der Waals surface area contributed by atoms with E-state index in [0.717, 1.165) is 16.6 Å². The number of hydrogen-bond donors (Lipinski definition) is 0. The molecule has 3 aromatic rings. The molecule has 0 saturated carbocycles. The number of hydrogen-bond acceptors (Lipinski definition) is 4. The SMILES string of the molecule is CN(Cc1ccc(Br)cc1)Cn1nnc(-c2ccc(Cl)cc2)n1. The van der Waals surface area contributed by atoms with Gasteiger partial charge in [0, 0.05) is 21.6 Å². The van der Waals surface area contributed by atoms with Crippen LogP contribution < -0.4 is 0 Å². The largest absolute Gasteiger partial charge is 0.282 e. The molecule has 1 heterocycles. The van der Waals surface area contributed by atoms with Crippen LogP contribution in [0.3, 0.4) is 0 Å². The molecule has 7 heteroatoms. The third-order valence-corrected chi connectivity index (χ3v) is 4.07. The lowest BCUT2D eigenvalue weighted by Gasteiger charge is -2.15. The number of benzene rings is 2. The van der Waals surface area contributed by atoms with E-state index in [9.17, 15) is 0 Å². The van der Waals surface area contributed by atoms with Gasteiger partial charge in [-0.05, 0) is 54.2 Å². The molecule has 5 nitrogen and oxygen atoms in total. The Morgan fingerprint density at radius 1 is 1.09 bits per heavy atom. The predicted octanol–water partition coefficient (Wildman–Crippen LogP) is 3.85. The Hall–Kier alpha value is -1.76. The molecule has 0 spiro atoms. The maximum absolute atomic E-state index is 5.89. The van der Waals surface area contributed by atoms with E-state index in [4.69, 9.17) is 11.6 Å². The highest BCUT2D eigenvalue weighted by Gasteiger charge is 2.08. The summed E-state index contributed by atoms with van der Waals surface area (Å²) >= 11 is 9.33. The van der Waals surface area contributed by atoms with Gasteiger partial charge in [-0.25, -0.2) is 0 Å². The molecule has 0 aliphatic carbocycles. The smallest absolute Gasteiger partial charge is 0.204 e. The summed E-state index contributed by atoms with van der Waals surface area (Å²) in [5, 5.41) is 13.3. The van der Waals surface area contributed by atoms with Gasteiger partial charge in [0.2, 0.25) is 5.82 Å². The Morgan fingerprint density at radius 3 is 2.48 bits per heavy atom. The highest BCUT2D eigenvalue weighted by atomic mass is 79.9. The van der Waals surface area contributed by atoms with Gasteiger partial charge in [0.25, 0.3) is 0 Å². The third kappa shape index (κ3) is 4.37. The minimum Gasteiger partial charge on any atom is -0.282 e. The monoisotopic (exact) mass is 391 g/mol. The van der Waals surface area contributed by atoms with Crippen LogP contribution in [0.25, 0.3) is 11.4 Å². The fourth-order valence-electron chi connectivity index (χ4n) is 2.19. The van der Waals surface area contributed by atoms with Crippen LogP contribution in [0.2, 0.25) is 5.02 Å². The van der Waals surface area contributed by atoms with Gasteiger partial charge in [0.1, 0.15) is 6.67 Å². The highest BCUT2D eigenvalue weighted by molar-refractivity contribution is 9.10. The summed E-state index contributed by atoms with van der Waals surface area (Å²) in [7, 11) is 2.02. The van der Waals surface area contributed by atoms with Crippen molar-refractivity contribution in [3.05, 3.63) is 63.6 Å². The van der Waals surface area contributed by atoms with Gasteiger partial charge < -0.3 is 0 Å². The molecular formula is C16H15BrClN5. The number of rotatable bonds is 5. The van der Waals surface area contributed by atoms with Crippen molar-refractivity contribution in [1.29, 1.82) is 0 Å². The lowest BCUT2D eigenvalue weighted by molar-refractivity contribution is 0.227. The van der Waals surface area contributed by atoms with Crippen LogP contribution in [0.4, 0.5) is 0 Å². The summed E-state index contributed by atoms with van der Waals surface area (Å²) in [5.74, 6) is 0.596. The van der Waals surface area contributed by atoms with Crippen molar-refractivity contribution in [2.24, 2.45) is 0 Å². The molecule has 0 aliphatic heterocycles. The molecule has 0 saturated heterocycles. The summed E-state index contributed by atoms with van der Waals surface area (Å²) in [6.07, 6.45) is 0. The van der Waals surface area contributed by atoms with E-state index >= 15 is 0 Å². The Labute approximate surface area is 148 Å². The van der Waals surface area contributed by atoms with Crippen molar-refractivity contribution in [3.8, 4) is 11.4 Å². The molecule has 0 aliphatic rings. The minimum atomic E-state index is 0.566. The molecule has 23 heavy (non-hydrogen) atoms. The van der Waals surface area contributed by atoms with Gasteiger partial charge in [-0.2, -0.15) is 0 Å². The van der Waals surface area contributed by atoms with Crippen molar-refractivity contribution in [2.45, 2.75) is 13.2 Å². The number of aromatic nitrogens is 4. The Bertz CT molecular complexity index is 770. The summed E-state index contributed by atoms with van der Waals surface area (Å²) in [5.41, 5.74) is 2.13. The zero-order valence-corrected chi connectivity index (χ0v) is 14.9. The molecule has 0 bridgehead atoms. The van der Waals surface area contributed by atoms with E-state index in [1.807, 2.05) is 43.4 Å². The normalized spacial score (nSPS) is 11.1. The molecule has 118 valence electrons. The Kier molecular flexibility index (Phi) is 5.05. The van der Waals surface area contributed by atoms with Crippen LogP contribution in [0.1, 0.15) is 5.56 Å². The zero-order chi connectivity index (χ0) is 16.2. The van der Waals surface area contributed by atoms with Crippen LogP contribution in [0.15, 0.2) is 53.0 Å². The van der Waals surface area contributed by atoms with Crippen LogP contribution >= 0.6 is 27.5 Å². The maximum Gasteiger partial charge on any atom is 0.204 e. The predicted molar refractivity (Wildman–Crippen MR) is 93.9 cm³/mol. The van der Waals surface area contributed by atoms with Crippen LogP contribution in [-0.2, 0) is 13.2 Å². The fourth-order valence-corrected chi connectivity index (χ4v) is 2.58. The third-order valence-electron chi connectivity index (χ3n) is 3.29. The van der Waals surface area contributed by atoms with E-state index in [1.165, 1.54) is 5.56 Å². The first kappa shape index (κ1) is 16.1. The van der Waals surface area contributed by atoms with E-state index < -0.39 is 0 Å². The topological polar surface area (TPSA) is 46.8 Å². The average molecular weight is 393 g/mol. The zero-order valence-electron chi connectivity index (χ0n) is 12.5. The van der Waals surface area contributed by atoms with E-state index in [1.54, 1.807) is 4.80 Å². The summed E-state index contributed by atoms with van der Waals surface area (Å²) in [6, 6.07) is 15.7. The number of tetrazole rings is 1. The Morgan fingerprint density at radius 2 is 1.78 bits per heavy atom. The first-order valence-corrected chi connectivity index (χ1v) is 8.24. The molecule has 0 N–H and O–H groups in total. The second-order valence-electron chi connectivity index (χ2n) is 5.27. The lowest BCUT2D eigenvalue weighted by atomic mass is 10.2. The van der Waals surface area contributed by atoms with Gasteiger partial charge in [-0.3, -0.25) is 4.90 Å². The number of nitrogens with zero attached hydrogens (tertiary/aromatic N) is 5. The molecular weight excluding hydrogens is 378 g/mol. The van der Waals surface area contributed by atoms with Crippen molar-refractivity contribution in [3.63, 3.8) is 0 Å². The van der Waals surface area contributed by atoms with Crippen LogP contribution in [0.5, 0.6) is 0 Å². The average Bonchev–Trinajstić information content (AvgIpc) is 2.98. The van der Waals surface area contributed by atoms with Crippen LogP contribution in [-0.4, -0.2) is 32.2 Å². The Balaban J connectivity index is 1.64. The first-order chi connectivity index (χ1) is 11.1. The van der Waals surface area contributed by atoms with E-state index in [2.05, 4.69) is 48.4 Å². The van der Waals surface area contributed by atoms with E-state index in [-0.39, 0.29) is 0 Å². The van der Waals surface area contributed by atoms with Gasteiger partial charge in [0.05, 0.1) is 0 Å². The van der Waals surface area contributed by atoms with Crippen molar-refractivity contribution in [1.82, 2.24) is 25.1 Å². The summed E-state index contributed by atoms with van der Waals surface area (Å²) < 4.78 is 1.08. The van der Waals surface area contributed by atoms with Gasteiger partial charge in [0.15, 0.2) is 0 Å². The fraction of sp³-hybridized carbons (Fsp3) is 0.188. The maximum atomic E-state index is 5.89. The van der Waals surface area contributed by atoms with Crippen molar-refractivity contribution in [2.75, 3.05) is 7.05 Å². The second kappa shape index (κ2) is 7.21. The summed E-state index contributed by atoms with van der Waals surface area (Å²) in [4.78, 5) is 3.71. The molecule has 0 unspecified atom stereocenters. The standard InChI is InChI=1S/C16H15BrClN5/c1-22(10-12-2-6-14(17)7-3-12)11-23-20-16(19-21-23)13-4-8-15(18)9-5-13/h2-9H,10-11H2,1H3. The quantitative estimate of drug-likeness (QED) is 0.662. The molecule has 3 rings (SSSR count). The minimum absolute atomic E-state index is 0.566. The van der Waals surface area contributed by atoms with Gasteiger partial charge in [-0.15, -0.1) is 15.0 Å².